The van der Waals surface area contributed by atoms with Crippen LogP contribution in [-0.2, 0) is 19.6 Å². The van der Waals surface area contributed by atoms with Gasteiger partial charge in [-0.25, -0.2) is 13.4 Å². The van der Waals surface area contributed by atoms with E-state index in [1.165, 1.54) is 19.5 Å². The SMILES string of the molecule is COC(=O)CCCN1C=Nc2ccccc2S1(=O)=O. The number of carbonyl (C=O) groups is 1. The Kier molecular flexibility index (Phi) is 3.84. The summed E-state index contributed by atoms with van der Waals surface area (Å²) < 4.78 is 30.2. The molecule has 102 valence electrons. The normalized spacial score (nSPS) is 15.9. The van der Waals surface area contributed by atoms with E-state index in [2.05, 4.69) is 9.73 Å². The molecule has 1 aliphatic heterocycles. The Labute approximate surface area is 111 Å². The summed E-state index contributed by atoms with van der Waals surface area (Å²) in [5, 5.41) is 0. The predicted molar refractivity (Wildman–Crippen MR) is 69.7 cm³/mol. The lowest BCUT2D eigenvalue weighted by molar-refractivity contribution is -0.140. The van der Waals surface area contributed by atoms with Gasteiger partial charge >= 0.3 is 5.97 Å². The van der Waals surface area contributed by atoms with Crippen molar-refractivity contribution in [2.24, 2.45) is 4.99 Å². The first-order valence-corrected chi connectivity index (χ1v) is 7.21. The molecule has 7 heteroatoms. The molecule has 0 bridgehead atoms. The number of fused-ring (bicyclic) bond motifs is 1. The molecule has 0 saturated carbocycles. The van der Waals surface area contributed by atoms with Crippen molar-refractivity contribution in [1.29, 1.82) is 0 Å². The number of sulfonamides is 1. The van der Waals surface area contributed by atoms with Gasteiger partial charge in [0.05, 0.1) is 12.8 Å². The second kappa shape index (κ2) is 5.40. The number of ether oxygens (including phenoxy) is 1. The van der Waals surface area contributed by atoms with Gasteiger partial charge in [0.2, 0.25) is 0 Å². The number of hydrogen-bond acceptors (Lipinski definition) is 5. The quantitative estimate of drug-likeness (QED) is 0.780. The average molecular weight is 282 g/mol. The van der Waals surface area contributed by atoms with Crippen LogP contribution in [0.3, 0.4) is 0 Å². The van der Waals surface area contributed by atoms with Gasteiger partial charge in [0.15, 0.2) is 0 Å². The molecule has 2 rings (SSSR count). The smallest absolute Gasteiger partial charge is 0.305 e. The zero-order chi connectivity index (χ0) is 13.9. The third-order valence-electron chi connectivity index (χ3n) is 2.76. The number of para-hydroxylation sites is 1. The number of benzene rings is 1. The maximum Gasteiger partial charge on any atom is 0.305 e. The topological polar surface area (TPSA) is 76.0 Å². The van der Waals surface area contributed by atoms with Crippen LogP contribution in [0, 0.1) is 0 Å². The summed E-state index contributed by atoms with van der Waals surface area (Å²) in [5.74, 6) is -0.355. The highest BCUT2D eigenvalue weighted by molar-refractivity contribution is 7.89. The van der Waals surface area contributed by atoms with Crippen molar-refractivity contribution in [1.82, 2.24) is 4.31 Å². The minimum absolute atomic E-state index is 0.179. The first-order valence-electron chi connectivity index (χ1n) is 5.77. The van der Waals surface area contributed by atoms with E-state index >= 15 is 0 Å². The molecule has 1 aromatic rings. The Morgan fingerprint density at radius 1 is 1.37 bits per heavy atom. The van der Waals surface area contributed by atoms with Gasteiger partial charge in [-0.2, -0.15) is 0 Å². The molecule has 19 heavy (non-hydrogen) atoms. The standard InChI is InChI=1S/C12H14N2O4S/c1-18-12(15)7-4-8-14-9-13-10-5-2-3-6-11(10)19(14,16)17/h2-3,5-6,9H,4,7-8H2,1H3. The van der Waals surface area contributed by atoms with E-state index in [0.29, 0.717) is 12.1 Å². The van der Waals surface area contributed by atoms with Crippen molar-refractivity contribution in [2.45, 2.75) is 17.7 Å². The Balaban J connectivity index is 2.12. The van der Waals surface area contributed by atoms with Gasteiger partial charge in [0, 0.05) is 13.0 Å². The van der Waals surface area contributed by atoms with Crippen molar-refractivity contribution >= 4 is 28.0 Å². The Morgan fingerprint density at radius 2 is 2.11 bits per heavy atom. The maximum atomic E-state index is 12.3. The summed E-state index contributed by atoms with van der Waals surface area (Å²) >= 11 is 0. The molecule has 1 aliphatic rings. The van der Waals surface area contributed by atoms with E-state index < -0.39 is 10.0 Å². The monoisotopic (exact) mass is 282 g/mol. The van der Waals surface area contributed by atoms with Crippen molar-refractivity contribution in [2.75, 3.05) is 13.7 Å². The highest BCUT2D eigenvalue weighted by Crippen LogP contribution is 2.29. The molecule has 0 saturated heterocycles. The van der Waals surface area contributed by atoms with Gasteiger partial charge in [-0.15, -0.1) is 0 Å². The van der Waals surface area contributed by atoms with E-state index in [4.69, 9.17) is 0 Å². The van der Waals surface area contributed by atoms with Crippen LogP contribution < -0.4 is 0 Å². The second-order valence-corrected chi connectivity index (χ2v) is 5.87. The van der Waals surface area contributed by atoms with Gasteiger partial charge in [0.1, 0.15) is 11.2 Å². The van der Waals surface area contributed by atoms with Crippen LogP contribution in [0.2, 0.25) is 0 Å². The maximum absolute atomic E-state index is 12.3. The van der Waals surface area contributed by atoms with Crippen molar-refractivity contribution in [3.63, 3.8) is 0 Å². The van der Waals surface area contributed by atoms with Crippen molar-refractivity contribution in [3.05, 3.63) is 24.3 Å². The van der Waals surface area contributed by atoms with Gasteiger partial charge in [0.25, 0.3) is 10.0 Å². The van der Waals surface area contributed by atoms with Gasteiger partial charge < -0.3 is 4.74 Å². The molecule has 0 spiro atoms. The molecular formula is C12H14N2O4S. The van der Waals surface area contributed by atoms with Crippen LogP contribution in [0.1, 0.15) is 12.8 Å². The van der Waals surface area contributed by atoms with Crippen LogP contribution in [-0.4, -0.2) is 38.7 Å². The lowest BCUT2D eigenvalue weighted by Gasteiger charge is -2.23. The molecule has 0 fully saturated rings. The largest absolute Gasteiger partial charge is 0.469 e. The van der Waals surface area contributed by atoms with Crippen LogP contribution in [0.5, 0.6) is 0 Å². The van der Waals surface area contributed by atoms with Gasteiger partial charge in [-0.1, -0.05) is 12.1 Å². The van der Waals surface area contributed by atoms with Crippen LogP contribution in [0.4, 0.5) is 5.69 Å². The Morgan fingerprint density at radius 3 is 2.84 bits per heavy atom. The fraction of sp³-hybridized carbons (Fsp3) is 0.333. The number of methoxy groups -OCH3 is 1. The summed E-state index contributed by atoms with van der Waals surface area (Å²) in [6.45, 7) is 0.204. The fourth-order valence-electron chi connectivity index (χ4n) is 1.76. The van der Waals surface area contributed by atoms with Crippen LogP contribution >= 0.6 is 0 Å². The molecule has 0 aromatic heterocycles. The molecule has 0 radical (unpaired) electrons. The first kappa shape index (κ1) is 13.5. The van der Waals surface area contributed by atoms with Crippen molar-refractivity contribution in [3.8, 4) is 0 Å². The number of esters is 1. The zero-order valence-electron chi connectivity index (χ0n) is 10.4. The van der Waals surface area contributed by atoms with Gasteiger partial charge in [-0.05, 0) is 18.6 Å². The number of hydrogen-bond donors (Lipinski definition) is 0. The summed E-state index contributed by atoms with van der Waals surface area (Å²) in [5.41, 5.74) is 0.437. The van der Waals surface area contributed by atoms with Crippen molar-refractivity contribution < 1.29 is 17.9 Å². The minimum atomic E-state index is -3.56. The van der Waals surface area contributed by atoms with E-state index in [0.717, 1.165) is 4.31 Å². The fourth-order valence-corrected chi connectivity index (χ4v) is 3.19. The third kappa shape index (κ3) is 2.76. The molecule has 0 atom stereocenters. The Bertz CT molecular complexity index is 610. The van der Waals surface area contributed by atoms with Crippen LogP contribution in [0.25, 0.3) is 0 Å². The number of rotatable bonds is 4. The zero-order valence-corrected chi connectivity index (χ0v) is 11.3. The first-order chi connectivity index (χ1) is 9.05. The molecule has 0 unspecified atom stereocenters. The predicted octanol–water partition coefficient (Wildman–Crippen LogP) is 1.30. The summed E-state index contributed by atoms with van der Waals surface area (Å²) in [7, 11) is -2.25. The van der Waals surface area contributed by atoms with Crippen LogP contribution in [0.15, 0.2) is 34.2 Å². The molecule has 0 amide bonds. The summed E-state index contributed by atoms with van der Waals surface area (Å²) in [6.07, 6.45) is 1.85. The molecule has 0 aliphatic carbocycles. The average Bonchev–Trinajstić information content (AvgIpc) is 2.41. The third-order valence-corrected chi connectivity index (χ3v) is 4.56. The lowest BCUT2D eigenvalue weighted by atomic mass is 10.3. The highest BCUT2D eigenvalue weighted by Gasteiger charge is 2.27. The molecule has 1 heterocycles. The molecular weight excluding hydrogens is 268 g/mol. The van der Waals surface area contributed by atoms with E-state index in [9.17, 15) is 13.2 Å². The number of nitrogens with zero attached hydrogens (tertiary/aromatic N) is 2. The number of carbonyl (C=O) groups excluding carboxylic acids is 1. The minimum Gasteiger partial charge on any atom is -0.469 e. The summed E-state index contributed by atoms with van der Waals surface area (Å²) in [4.78, 5) is 15.3. The number of aliphatic imine (C=N–C) groups is 1. The summed E-state index contributed by atoms with van der Waals surface area (Å²) in [6, 6.07) is 6.56. The molecule has 0 N–H and O–H groups in total. The van der Waals surface area contributed by atoms with E-state index in [1.807, 2.05) is 0 Å². The van der Waals surface area contributed by atoms with E-state index in [-0.39, 0.29) is 23.8 Å². The Hall–Kier alpha value is -1.89. The highest BCUT2D eigenvalue weighted by atomic mass is 32.2. The molecule has 1 aromatic carbocycles. The lowest BCUT2D eigenvalue weighted by Crippen LogP contribution is -2.33. The van der Waals surface area contributed by atoms with E-state index in [1.54, 1.807) is 18.2 Å². The second-order valence-electron chi connectivity index (χ2n) is 4.01. The van der Waals surface area contributed by atoms with Gasteiger partial charge in [-0.3, -0.25) is 9.10 Å². The molecule has 6 nitrogen and oxygen atoms in total.